The molecule has 0 amide bonds. The summed E-state index contributed by atoms with van der Waals surface area (Å²) >= 11 is 4.89. The number of aromatic carboxylic acids is 1. The van der Waals surface area contributed by atoms with Gasteiger partial charge in [0.25, 0.3) is 0 Å². The van der Waals surface area contributed by atoms with E-state index in [0.717, 1.165) is 27.0 Å². The van der Waals surface area contributed by atoms with Crippen molar-refractivity contribution in [1.82, 2.24) is 9.38 Å². The Bertz CT molecular complexity index is 1090. The molecule has 26 heavy (non-hydrogen) atoms. The molecule has 2 heterocycles. The van der Waals surface area contributed by atoms with Crippen molar-refractivity contribution in [2.45, 2.75) is 6.61 Å². The smallest absolute Gasteiger partial charge is 0.356 e. The Labute approximate surface area is 161 Å². The number of rotatable bonds is 5. The molecule has 5 nitrogen and oxygen atoms in total. The topological polar surface area (TPSA) is 63.8 Å². The third kappa shape index (κ3) is 3.23. The summed E-state index contributed by atoms with van der Waals surface area (Å²) in [6.45, 7) is 0.451. The second-order valence-electron chi connectivity index (χ2n) is 5.62. The summed E-state index contributed by atoms with van der Waals surface area (Å²) < 4.78 is 8.74. The van der Waals surface area contributed by atoms with Gasteiger partial charge in [0.2, 0.25) is 0 Å². The first kappa shape index (κ1) is 16.8. The largest absolute Gasteiger partial charge is 0.488 e. The van der Waals surface area contributed by atoms with Gasteiger partial charge in [-0.15, -0.1) is 11.3 Å². The Kier molecular flexibility index (Phi) is 4.48. The molecule has 2 aromatic carbocycles. The van der Waals surface area contributed by atoms with Gasteiger partial charge in [0.15, 0.2) is 10.7 Å². The Morgan fingerprint density at radius 2 is 2.04 bits per heavy atom. The van der Waals surface area contributed by atoms with E-state index in [1.165, 1.54) is 17.5 Å². The van der Waals surface area contributed by atoms with Gasteiger partial charge in [-0.25, -0.2) is 9.78 Å². The van der Waals surface area contributed by atoms with Crippen LogP contribution in [0, 0.1) is 0 Å². The number of carboxylic acids is 1. The third-order valence-electron chi connectivity index (χ3n) is 3.88. The second-order valence-corrected chi connectivity index (χ2v) is 7.37. The molecule has 0 saturated heterocycles. The van der Waals surface area contributed by atoms with E-state index in [0.29, 0.717) is 11.6 Å². The third-order valence-corrected chi connectivity index (χ3v) is 5.22. The van der Waals surface area contributed by atoms with Gasteiger partial charge in [-0.3, -0.25) is 4.40 Å². The van der Waals surface area contributed by atoms with Gasteiger partial charge in [0.1, 0.15) is 12.4 Å². The summed E-state index contributed by atoms with van der Waals surface area (Å²) in [6.07, 6.45) is 1.53. The Morgan fingerprint density at radius 1 is 1.23 bits per heavy atom. The van der Waals surface area contributed by atoms with E-state index in [4.69, 9.17) is 4.74 Å². The number of imidazole rings is 1. The first-order chi connectivity index (χ1) is 12.6. The molecule has 4 rings (SSSR count). The van der Waals surface area contributed by atoms with Gasteiger partial charge < -0.3 is 9.84 Å². The number of nitrogens with zero attached hydrogens (tertiary/aromatic N) is 2. The molecule has 0 radical (unpaired) electrons. The molecule has 0 unspecified atom stereocenters. The lowest BCUT2D eigenvalue weighted by atomic mass is 10.1. The minimum absolute atomic E-state index is 0.0276. The van der Waals surface area contributed by atoms with Crippen LogP contribution in [0.25, 0.3) is 16.2 Å². The molecule has 4 aromatic rings. The molecule has 0 saturated carbocycles. The van der Waals surface area contributed by atoms with Crippen molar-refractivity contribution in [2.75, 3.05) is 0 Å². The number of hydrogen-bond acceptors (Lipinski definition) is 4. The Hall–Kier alpha value is -2.64. The van der Waals surface area contributed by atoms with Crippen LogP contribution >= 0.6 is 27.3 Å². The van der Waals surface area contributed by atoms with Gasteiger partial charge in [-0.1, -0.05) is 46.3 Å². The van der Waals surface area contributed by atoms with Crippen LogP contribution in [0.5, 0.6) is 5.75 Å². The van der Waals surface area contributed by atoms with E-state index >= 15 is 0 Å². The van der Waals surface area contributed by atoms with E-state index in [-0.39, 0.29) is 5.69 Å². The number of thiazole rings is 1. The van der Waals surface area contributed by atoms with Crippen molar-refractivity contribution in [2.24, 2.45) is 0 Å². The second kappa shape index (κ2) is 6.93. The van der Waals surface area contributed by atoms with E-state index in [9.17, 15) is 9.90 Å². The highest BCUT2D eigenvalue weighted by atomic mass is 79.9. The van der Waals surface area contributed by atoms with Crippen molar-refractivity contribution in [1.29, 1.82) is 0 Å². The highest BCUT2D eigenvalue weighted by molar-refractivity contribution is 9.10. The van der Waals surface area contributed by atoms with Crippen LogP contribution in [0.3, 0.4) is 0 Å². The number of carboxylic acid groups (broad SMARTS) is 1. The summed E-state index contributed by atoms with van der Waals surface area (Å²) in [5.41, 5.74) is 2.82. The SMILES string of the molecule is O=C(O)c1cn2c(-c3cc(Br)ccc3OCc3ccccc3)csc2n1. The molecule has 0 spiro atoms. The standard InChI is InChI=1S/C19H13BrN2O3S/c20-13-6-7-17(25-10-12-4-2-1-3-5-12)14(8-13)16-11-26-19-21-15(18(23)24)9-22(16)19/h1-9,11H,10H2,(H,23,24). The van der Waals surface area contributed by atoms with Gasteiger partial charge in [0, 0.05) is 21.6 Å². The molecule has 0 bridgehead atoms. The number of carbonyl (C=O) groups is 1. The van der Waals surface area contributed by atoms with Crippen molar-refractivity contribution < 1.29 is 14.6 Å². The zero-order chi connectivity index (χ0) is 18.1. The van der Waals surface area contributed by atoms with Gasteiger partial charge in [0.05, 0.1) is 5.69 Å². The lowest BCUT2D eigenvalue weighted by Crippen LogP contribution is -1.98. The van der Waals surface area contributed by atoms with Crippen LogP contribution in [0.4, 0.5) is 0 Å². The van der Waals surface area contributed by atoms with E-state index in [1.54, 1.807) is 4.40 Å². The summed E-state index contributed by atoms with van der Waals surface area (Å²) in [5.74, 6) is -0.316. The minimum Gasteiger partial charge on any atom is -0.488 e. The fourth-order valence-corrected chi connectivity index (χ4v) is 3.88. The molecule has 0 aliphatic carbocycles. The zero-order valence-corrected chi connectivity index (χ0v) is 15.8. The normalized spacial score (nSPS) is 11.0. The summed E-state index contributed by atoms with van der Waals surface area (Å²) in [5, 5.41) is 11.1. The maximum Gasteiger partial charge on any atom is 0.356 e. The van der Waals surface area contributed by atoms with E-state index < -0.39 is 5.97 Å². The maximum atomic E-state index is 11.2. The predicted molar refractivity (Wildman–Crippen MR) is 104 cm³/mol. The van der Waals surface area contributed by atoms with Crippen molar-refractivity contribution in [3.05, 3.63) is 75.8 Å². The molecule has 2 aromatic heterocycles. The van der Waals surface area contributed by atoms with Crippen molar-refractivity contribution in [3.8, 4) is 17.0 Å². The quantitative estimate of drug-likeness (QED) is 0.479. The Balaban J connectivity index is 1.74. The number of halogens is 1. The average Bonchev–Trinajstić information content (AvgIpc) is 3.22. The number of ether oxygens (including phenoxy) is 1. The highest BCUT2D eigenvalue weighted by Crippen LogP contribution is 2.36. The van der Waals surface area contributed by atoms with Crippen LogP contribution in [-0.4, -0.2) is 20.5 Å². The lowest BCUT2D eigenvalue weighted by molar-refractivity contribution is 0.0691. The van der Waals surface area contributed by atoms with Crippen LogP contribution in [0.15, 0.2) is 64.6 Å². The first-order valence-corrected chi connectivity index (χ1v) is 9.45. The fourth-order valence-electron chi connectivity index (χ4n) is 2.64. The molecule has 130 valence electrons. The molecule has 1 N–H and O–H groups in total. The van der Waals surface area contributed by atoms with Crippen molar-refractivity contribution in [3.63, 3.8) is 0 Å². The van der Waals surface area contributed by atoms with Crippen LogP contribution in [0.1, 0.15) is 16.1 Å². The predicted octanol–water partition coefficient (Wildman–Crippen LogP) is 5.10. The van der Waals surface area contributed by atoms with Crippen LogP contribution in [0.2, 0.25) is 0 Å². The Morgan fingerprint density at radius 3 is 2.81 bits per heavy atom. The summed E-state index contributed by atoms with van der Waals surface area (Å²) in [7, 11) is 0. The molecular weight excluding hydrogens is 416 g/mol. The molecule has 0 atom stereocenters. The first-order valence-electron chi connectivity index (χ1n) is 7.78. The number of hydrogen-bond donors (Lipinski definition) is 1. The van der Waals surface area contributed by atoms with Gasteiger partial charge in [-0.2, -0.15) is 0 Å². The van der Waals surface area contributed by atoms with Gasteiger partial charge in [-0.05, 0) is 23.8 Å². The molecule has 0 fully saturated rings. The van der Waals surface area contributed by atoms with Crippen molar-refractivity contribution >= 4 is 38.2 Å². The monoisotopic (exact) mass is 428 g/mol. The average molecular weight is 429 g/mol. The fraction of sp³-hybridized carbons (Fsp3) is 0.0526. The zero-order valence-electron chi connectivity index (χ0n) is 13.4. The summed E-state index contributed by atoms with van der Waals surface area (Å²) in [6, 6.07) is 15.7. The molecular formula is C19H13BrN2O3S. The van der Waals surface area contributed by atoms with E-state index in [2.05, 4.69) is 20.9 Å². The summed E-state index contributed by atoms with van der Waals surface area (Å²) in [4.78, 5) is 16.0. The van der Waals surface area contributed by atoms with E-state index in [1.807, 2.05) is 53.9 Å². The number of fused-ring (bicyclic) bond motifs is 1. The minimum atomic E-state index is -1.04. The van der Waals surface area contributed by atoms with Crippen LogP contribution < -0.4 is 4.74 Å². The lowest BCUT2D eigenvalue weighted by Gasteiger charge is -2.12. The highest BCUT2D eigenvalue weighted by Gasteiger charge is 2.16. The molecule has 0 aliphatic heterocycles. The molecule has 7 heteroatoms. The number of benzene rings is 2. The molecule has 0 aliphatic rings. The maximum absolute atomic E-state index is 11.2. The number of aromatic nitrogens is 2. The van der Waals surface area contributed by atoms with Crippen LogP contribution in [-0.2, 0) is 6.61 Å². The van der Waals surface area contributed by atoms with Gasteiger partial charge >= 0.3 is 5.97 Å².